The highest BCUT2D eigenvalue weighted by molar-refractivity contribution is 4.55. The Bertz CT molecular complexity index is 467. The first-order valence-corrected chi connectivity index (χ1v) is 22.1. The van der Waals surface area contributed by atoms with E-state index in [9.17, 15) is 0 Å². The first-order valence-electron chi connectivity index (χ1n) is 22.1. The van der Waals surface area contributed by atoms with Crippen LogP contribution in [0.1, 0.15) is 259 Å². The van der Waals surface area contributed by atoms with Crippen LogP contribution in [0.3, 0.4) is 0 Å². The summed E-state index contributed by atoms with van der Waals surface area (Å²) in [5.41, 5.74) is 0. The predicted octanol–water partition coefficient (Wildman–Crippen LogP) is 15.9. The molecule has 0 amide bonds. The second-order valence-corrected chi connectivity index (χ2v) is 15.5. The van der Waals surface area contributed by atoms with Gasteiger partial charge in [0.15, 0.2) is 0 Å². The topological polar surface area (TPSA) is 0 Å². The van der Waals surface area contributed by atoms with Crippen molar-refractivity contribution in [1.29, 1.82) is 0 Å². The monoisotopic (exact) mass is 635 g/mol. The van der Waals surface area contributed by atoms with Gasteiger partial charge in [-0.2, -0.15) is 0 Å². The maximum atomic E-state index is 2.37. The fraction of sp³-hybridized carbons (Fsp3) is 1.00. The van der Waals surface area contributed by atoms with Crippen molar-refractivity contribution in [2.45, 2.75) is 259 Å². The van der Waals surface area contributed by atoms with Crippen molar-refractivity contribution in [2.75, 3.05) is 26.2 Å². The second kappa shape index (κ2) is 38.4. The van der Waals surface area contributed by atoms with Gasteiger partial charge in [0.2, 0.25) is 0 Å². The molecule has 0 aromatic rings. The lowest BCUT2D eigenvalue weighted by molar-refractivity contribution is -0.929. The Morgan fingerprint density at radius 2 is 0.311 bits per heavy atom. The first kappa shape index (κ1) is 45.0. The van der Waals surface area contributed by atoms with Crippen molar-refractivity contribution < 1.29 is 4.48 Å². The molecular formula is C44H92N+. The molecule has 45 heavy (non-hydrogen) atoms. The molecule has 0 heterocycles. The number of nitrogens with zero attached hydrogens (tertiary/aromatic N) is 1. The van der Waals surface area contributed by atoms with Crippen molar-refractivity contribution in [3.63, 3.8) is 0 Å². The van der Waals surface area contributed by atoms with Crippen LogP contribution in [-0.2, 0) is 0 Å². The highest BCUT2D eigenvalue weighted by Crippen LogP contribution is 2.21. The van der Waals surface area contributed by atoms with E-state index in [1.165, 1.54) is 262 Å². The molecule has 1 nitrogen and oxygen atoms in total. The molecule has 0 aromatic carbocycles. The minimum absolute atomic E-state index is 1.37. The van der Waals surface area contributed by atoms with Gasteiger partial charge in [0, 0.05) is 0 Å². The van der Waals surface area contributed by atoms with Gasteiger partial charge in [-0.05, 0) is 51.4 Å². The van der Waals surface area contributed by atoms with Gasteiger partial charge >= 0.3 is 0 Å². The van der Waals surface area contributed by atoms with Crippen molar-refractivity contribution in [2.24, 2.45) is 0 Å². The number of hydrogen-bond acceptors (Lipinski definition) is 0. The zero-order valence-corrected chi connectivity index (χ0v) is 32.7. The van der Waals surface area contributed by atoms with Gasteiger partial charge in [-0.25, -0.2) is 0 Å². The zero-order chi connectivity index (χ0) is 32.8. The van der Waals surface area contributed by atoms with Gasteiger partial charge < -0.3 is 4.48 Å². The molecule has 0 saturated carbocycles. The van der Waals surface area contributed by atoms with E-state index >= 15 is 0 Å². The molecule has 0 aliphatic carbocycles. The summed E-state index contributed by atoms with van der Waals surface area (Å²) >= 11 is 0. The average Bonchev–Trinajstić information content (AvgIpc) is 3.05. The molecule has 272 valence electrons. The Kier molecular flexibility index (Phi) is 38.4. The molecule has 0 aromatic heterocycles. The standard InChI is InChI=1S/C44H92N/c1-5-9-13-17-19-21-23-25-27-29-31-33-35-39-43-45(41-37-15-11-7-3,42-38-16-12-8-4)44-40-36-34-32-30-28-26-24-22-20-18-14-10-6-2/h5-44H2,1-4H3/q+1. The van der Waals surface area contributed by atoms with Crippen LogP contribution in [-0.4, -0.2) is 30.7 Å². The Labute approximate surface area is 288 Å². The summed E-state index contributed by atoms with van der Waals surface area (Å²) in [4.78, 5) is 0. The second-order valence-electron chi connectivity index (χ2n) is 15.5. The summed E-state index contributed by atoms with van der Waals surface area (Å²) in [5.74, 6) is 0. The average molecular weight is 635 g/mol. The van der Waals surface area contributed by atoms with Gasteiger partial charge in [-0.15, -0.1) is 0 Å². The normalized spacial score (nSPS) is 12.0. The van der Waals surface area contributed by atoms with E-state index in [1.807, 2.05) is 0 Å². The van der Waals surface area contributed by atoms with Gasteiger partial charge in [0.25, 0.3) is 0 Å². The van der Waals surface area contributed by atoms with E-state index < -0.39 is 0 Å². The predicted molar refractivity (Wildman–Crippen MR) is 209 cm³/mol. The van der Waals surface area contributed by atoms with Crippen LogP contribution in [0.25, 0.3) is 0 Å². The summed E-state index contributed by atoms with van der Waals surface area (Å²) in [6.45, 7) is 15.3. The van der Waals surface area contributed by atoms with E-state index in [4.69, 9.17) is 0 Å². The third kappa shape index (κ3) is 33.6. The minimum atomic E-state index is 1.37. The molecule has 0 rings (SSSR count). The largest absolute Gasteiger partial charge is 0.324 e. The minimum Gasteiger partial charge on any atom is -0.324 e. The molecule has 0 saturated heterocycles. The Hall–Kier alpha value is -0.0400. The molecule has 0 bridgehead atoms. The van der Waals surface area contributed by atoms with Crippen LogP contribution >= 0.6 is 0 Å². The molecule has 1 heteroatoms. The van der Waals surface area contributed by atoms with E-state index in [0.717, 1.165) is 0 Å². The molecule has 0 atom stereocenters. The third-order valence-corrected chi connectivity index (χ3v) is 10.9. The molecule has 0 unspecified atom stereocenters. The SMILES string of the molecule is CCCCCCCCCCCCCCCC[N+](CCCCCC)(CCCCCC)CCCCCCCCCCCCCCCC. The van der Waals surface area contributed by atoms with Gasteiger partial charge in [0.05, 0.1) is 26.2 Å². The molecular weight excluding hydrogens is 542 g/mol. The van der Waals surface area contributed by atoms with Crippen LogP contribution in [0.2, 0.25) is 0 Å². The molecule has 0 aliphatic heterocycles. The Balaban J connectivity index is 4.33. The number of unbranched alkanes of at least 4 members (excludes halogenated alkanes) is 32. The van der Waals surface area contributed by atoms with Crippen LogP contribution in [0.15, 0.2) is 0 Å². The van der Waals surface area contributed by atoms with Crippen molar-refractivity contribution >= 4 is 0 Å². The van der Waals surface area contributed by atoms with Gasteiger partial charge in [-0.3, -0.25) is 0 Å². The Morgan fingerprint density at radius 1 is 0.178 bits per heavy atom. The van der Waals surface area contributed by atoms with Crippen LogP contribution < -0.4 is 0 Å². The van der Waals surface area contributed by atoms with Crippen LogP contribution in [0.4, 0.5) is 0 Å². The maximum Gasteiger partial charge on any atom is 0.0786 e. The highest BCUT2D eigenvalue weighted by Gasteiger charge is 2.25. The lowest BCUT2D eigenvalue weighted by Gasteiger charge is -2.39. The van der Waals surface area contributed by atoms with E-state index in [1.54, 1.807) is 0 Å². The maximum absolute atomic E-state index is 2.37. The van der Waals surface area contributed by atoms with Gasteiger partial charge in [0.1, 0.15) is 0 Å². The Morgan fingerprint density at radius 3 is 0.489 bits per heavy atom. The zero-order valence-electron chi connectivity index (χ0n) is 32.7. The van der Waals surface area contributed by atoms with Crippen molar-refractivity contribution in [3.8, 4) is 0 Å². The van der Waals surface area contributed by atoms with Gasteiger partial charge in [-0.1, -0.05) is 207 Å². The fourth-order valence-electron chi connectivity index (χ4n) is 7.70. The number of hydrogen-bond donors (Lipinski definition) is 0. The van der Waals surface area contributed by atoms with Crippen LogP contribution in [0.5, 0.6) is 0 Å². The van der Waals surface area contributed by atoms with Crippen LogP contribution in [0, 0.1) is 0 Å². The summed E-state index contributed by atoms with van der Waals surface area (Å²) in [6.07, 6.45) is 52.7. The van der Waals surface area contributed by atoms with E-state index in [2.05, 4.69) is 27.7 Å². The van der Waals surface area contributed by atoms with E-state index in [0.29, 0.717) is 0 Å². The first-order chi connectivity index (χ1) is 22.2. The summed E-state index contributed by atoms with van der Waals surface area (Å²) < 4.78 is 1.48. The number of quaternary nitrogens is 1. The van der Waals surface area contributed by atoms with Crippen molar-refractivity contribution in [1.82, 2.24) is 0 Å². The molecule has 0 aliphatic rings. The third-order valence-electron chi connectivity index (χ3n) is 10.9. The summed E-state index contributed by atoms with van der Waals surface area (Å²) in [6, 6.07) is 0. The molecule has 0 N–H and O–H groups in total. The van der Waals surface area contributed by atoms with Crippen molar-refractivity contribution in [3.05, 3.63) is 0 Å². The lowest BCUT2D eigenvalue weighted by atomic mass is 10.0. The highest BCUT2D eigenvalue weighted by atomic mass is 15.3. The smallest absolute Gasteiger partial charge is 0.0786 e. The molecule has 0 radical (unpaired) electrons. The lowest BCUT2D eigenvalue weighted by Crippen LogP contribution is -2.50. The molecule has 0 spiro atoms. The summed E-state index contributed by atoms with van der Waals surface area (Å²) in [7, 11) is 0. The van der Waals surface area contributed by atoms with E-state index in [-0.39, 0.29) is 0 Å². The quantitative estimate of drug-likeness (QED) is 0.0465. The number of rotatable bonds is 40. The fourth-order valence-corrected chi connectivity index (χ4v) is 7.70. The summed E-state index contributed by atoms with van der Waals surface area (Å²) in [5, 5.41) is 0. The molecule has 0 fully saturated rings.